The topological polar surface area (TPSA) is 26.3 Å². The van der Waals surface area contributed by atoms with Crippen LogP contribution in [0.4, 0.5) is 8.78 Å². The highest BCUT2D eigenvalue weighted by molar-refractivity contribution is 5.85. The number of rotatable bonds is 2. The molecule has 1 unspecified atom stereocenters. The van der Waals surface area contributed by atoms with Gasteiger partial charge in [-0.25, -0.2) is 8.78 Å². The van der Waals surface area contributed by atoms with E-state index in [1.165, 1.54) is 14.0 Å². The van der Waals surface area contributed by atoms with E-state index in [0.29, 0.717) is 0 Å². The molecule has 0 radical (unpaired) electrons. The second-order valence-electron chi connectivity index (χ2n) is 2.95. The third kappa shape index (κ3) is 3.47. The van der Waals surface area contributed by atoms with Crippen molar-refractivity contribution in [3.05, 3.63) is 35.4 Å². The van der Waals surface area contributed by atoms with Gasteiger partial charge in [-0.2, -0.15) is 0 Å². The van der Waals surface area contributed by atoms with Crippen molar-refractivity contribution < 1.29 is 18.3 Å². The fraction of sp³-hybridized carbons (Fsp3) is 0.300. The number of carbonyl (C=O) groups excluding carboxylic acids is 1. The van der Waals surface area contributed by atoms with Crippen molar-refractivity contribution in [2.45, 2.75) is 12.8 Å². The van der Waals surface area contributed by atoms with Crippen molar-refractivity contribution in [2.24, 2.45) is 0 Å². The van der Waals surface area contributed by atoms with Gasteiger partial charge in [-0.05, 0) is 24.6 Å². The molecule has 0 aliphatic rings. The van der Waals surface area contributed by atoms with Crippen LogP contribution < -0.4 is 0 Å². The van der Waals surface area contributed by atoms with Gasteiger partial charge in [0.1, 0.15) is 11.6 Å². The Balaban J connectivity index is 0.00000196. The fourth-order valence-electron chi connectivity index (χ4n) is 1.14. The number of carbonyl (C=O) groups is 1. The zero-order valence-corrected chi connectivity index (χ0v) is 9.11. The molecule has 0 aliphatic heterocycles. The molecule has 2 nitrogen and oxygen atoms in total. The van der Waals surface area contributed by atoms with E-state index >= 15 is 0 Å². The summed E-state index contributed by atoms with van der Waals surface area (Å²) in [6.45, 7) is 1.53. The van der Waals surface area contributed by atoms with E-state index in [1.54, 1.807) is 0 Å². The van der Waals surface area contributed by atoms with Crippen LogP contribution >= 0.6 is 12.4 Å². The van der Waals surface area contributed by atoms with Gasteiger partial charge in [-0.1, -0.05) is 0 Å². The second-order valence-corrected chi connectivity index (χ2v) is 2.95. The highest BCUT2D eigenvalue weighted by Gasteiger charge is 2.16. The van der Waals surface area contributed by atoms with Gasteiger partial charge >= 0.3 is 5.97 Å². The lowest BCUT2D eigenvalue weighted by Crippen LogP contribution is -2.11. The normalized spacial score (nSPS) is 11.5. The van der Waals surface area contributed by atoms with Gasteiger partial charge in [0, 0.05) is 6.07 Å². The Morgan fingerprint density at radius 1 is 1.27 bits per heavy atom. The number of benzene rings is 1. The van der Waals surface area contributed by atoms with Crippen molar-refractivity contribution in [1.82, 2.24) is 0 Å². The molecule has 5 heteroatoms. The number of methoxy groups -OCH3 is 1. The maximum atomic E-state index is 12.8. The molecule has 84 valence electrons. The number of halogens is 3. The van der Waals surface area contributed by atoms with Crippen LogP contribution in [0.3, 0.4) is 0 Å². The summed E-state index contributed by atoms with van der Waals surface area (Å²) in [7, 11) is 1.23. The van der Waals surface area contributed by atoms with Crippen LogP contribution in [0.15, 0.2) is 18.2 Å². The molecule has 0 N–H and O–H groups in total. The van der Waals surface area contributed by atoms with E-state index in [9.17, 15) is 13.6 Å². The molecule has 0 heterocycles. The van der Waals surface area contributed by atoms with Crippen molar-refractivity contribution in [1.29, 1.82) is 0 Å². The predicted octanol–water partition coefficient (Wildman–Crippen LogP) is 2.66. The SMILES string of the molecule is COC(=O)C(C)c1cc(F)cc(F)c1.Cl. The third-order valence-corrected chi connectivity index (χ3v) is 1.94. The van der Waals surface area contributed by atoms with Crippen LogP contribution in [-0.2, 0) is 9.53 Å². The minimum absolute atomic E-state index is 0. The van der Waals surface area contributed by atoms with Crippen molar-refractivity contribution in [3.63, 3.8) is 0 Å². The molecule has 0 saturated heterocycles. The average molecular weight is 237 g/mol. The molecular weight excluding hydrogens is 226 g/mol. The lowest BCUT2D eigenvalue weighted by Gasteiger charge is -2.09. The highest BCUT2D eigenvalue weighted by atomic mass is 35.5. The van der Waals surface area contributed by atoms with E-state index in [0.717, 1.165) is 18.2 Å². The van der Waals surface area contributed by atoms with Crippen LogP contribution in [0.25, 0.3) is 0 Å². The molecule has 15 heavy (non-hydrogen) atoms. The Morgan fingerprint density at radius 2 is 1.73 bits per heavy atom. The lowest BCUT2D eigenvalue weighted by molar-refractivity contribution is -0.141. The fourth-order valence-corrected chi connectivity index (χ4v) is 1.14. The summed E-state index contributed by atoms with van der Waals surface area (Å²) in [6, 6.07) is 2.99. The van der Waals surface area contributed by atoms with Crippen LogP contribution in [0.2, 0.25) is 0 Å². The average Bonchev–Trinajstić information content (AvgIpc) is 2.14. The van der Waals surface area contributed by atoms with E-state index in [-0.39, 0.29) is 18.0 Å². The first-order valence-electron chi connectivity index (χ1n) is 4.08. The Kier molecular flexibility index (Phi) is 5.22. The van der Waals surface area contributed by atoms with Gasteiger partial charge in [-0.15, -0.1) is 12.4 Å². The van der Waals surface area contributed by atoms with E-state index in [4.69, 9.17) is 0 Å². The first-order chi connectivity index (χ1) is 6.54. The molecule has 0 fully saturated rings. The van der Waals surface area contributed by atoms with Crippen molar-refractivity contribution in [2.75, 3.05) is 7.11 Å². The first kappa shape index (κ1) is 13.8. The summed E-state index contributed by atoms with van der Waals surface area (Å²) in [5.41, 5.74) is 0.273. The summed E-state index contributed by atoms with van der Waals surface area (Å²) in [6.07, 6.45) is 0. The summed E-state index contributed by atoms with van der Waals surface area (Å²) in [5, 5.41) is 0. The molecule has 1 aromatic rings. The molecule has 1 aromatic carbocycles. The number of ether oxygens (including phenoxy) is 1. The van der Waals surface area contributed by atoms with Gasteiger partial charge in [0.15, 0.2) is 0 Å². The summed E-state index contributed by atoms with van der Waals surface area (Å²) in [4.78, 5) is 11.1. The monoisotopic (exact) mass is 236 g/mol. The smallest absolute Gasteiger partial charge is 0.312 e. The van der Waals surface area contributed by atoms with Crippen LogP contribution in [0.5, 0.6) is 0 Å². The van der Waals surface area contributed by atoms with Crippen LogP contribution in [-0.4, -0.2) is 13.1 Å². The quantitative estimate of drug-likeness (QED) is 0.738. The van der Waals surface area contributed by atoms with Gasteiger partial charge in [0.25, 0.3) is 0 Å². The Morgan fingerprint density at radius 3 is 2.13 bits per heavy atom. The van der Waals surface area contributed by atoms with Gasteiger partial charge in [0.2, 0.25) is 0 Å². The Hall–Kier alpha value is -1.16. The standard InChI is InChI=1S/C10H10F2O2.ClH/c1-6(10(13)14-2)7-3-8(11)5-9(12)4-7;/h3-6H,1-2H3;1H. The first-order valence-corrected chi connectivity index (χ1v) is 4.08. The Labute approximate surface area is 92.7 Å². The zero-order valence-electron chi connectivity index (χ0n) is 8.29. The maximum absolute atomic E-state index is 12.8. The largest absolute Gasteiger partial charge is 0.469 e. The highest BCUT2D eigenvalue weighted by Crippen LogP contribution is 2.18. The molecule has 0 bridgehead atoms. The molecule has 0 saturated carbocycles. The molecular formula is C10H11ClF2O2. The molecule has 0 amide bonds. The number of esters is 1. The Bertz CT molecular complexity index is 335. The van der Waals surface area contributed by atoms with Gasteiger partial charge in [0.05, 0.1) is 13.0 Å². The summed E-state index contributed by atoms with van der Waals surface area (Å²) < 4.78 is 30.0. The molecule has 1 rings (SSSR count). The summed E-state index contributed by atoms with van der Waals surface area (Å²) in [5.74, 6) is -2.58. The molecule has 0 aromatic heterocycles. The third-order valence-electron chi connectivity index (χ3n) is 1.94. The zero-order chi connectivity index (χ0) is 10.7. The van der Waals surface area contributed by atoms with E-state index in [1.807, 2.05) is 0 Å². The number of hydrogen-bond acceptors (Lipinski definition) is 2. The minimum atomic E-state index is -0.698. The maximum Gasteiger partial charge on any atom is 0.312 e. The van der Waals surface area contributed by atoms with Gasteiger partial charge in [-0.3, -0.25) is 4.79 Å². The van der Waals surface area contributed by atoms with E-state index in [2.05, 4.69) is 4.74 Å². The van der Waals surface area contributed by atoms with Crippen LogP contribution in [0, 0.1) is 11.6 Å². The minimum Gasteiger partial charge on any atom is -0.469 e. The molecule has 1 atom stereocenters. The summed E-state index contributed by atoms with van der Waals surface area (Å²) >= 11 is 0. The predicted molar refractivity (Wildman–Crippen MR) is 54.0 cm³/mol. The second kappa shape index (κ2) is 5.66. The van der Waals surface area contributed by atoms with Crippen molar-refractivity contribution >= 4 is 18.4 Å². The molecule has 0 spiro atoms. The van der Waals surface area contributed by atoms with Gasteiger partial charge < -0.3 is 4.74 Å². The molecule has 0 aliphatic carbocycles. The lowest BCUT2D eigenvalue weighted by atomic mass is 10.0. The van der Waals surface area contributed by atoms with Crippen LogP contribution in [0.1, 0.15) is 18.4 Å². The number of hydrogen-bond donors (Lipinski definition) is 0. The van der Waals surface area contributed by atoms with E-state index < -0.39 is 23.5 Å². The van der Waals surface area contributed by atoms with Crippen molar-refractivity contribution in [3.8, 4) is 0 Å².